The van der Waals surface area contributed by atoms with Crippen LogP contribution in [0.15, 0.2) is 41.3 Å². The van der Waals surface area contributed by atoms with E-state index in [0.29, 0.717) is 0 Å². The molecule has 2 rings (SSSR count). The lowest BCUT2D eigenvalue weighted by molar-refractivity contribution is 0.0522. The van der Waals surface area contributed by atoms with Gasteiger partial charge in [-0.2, -0.15) is 0 Å². The topological polar surface area (TPSA) is 18.5 Å². The number of hydrogen-bond donors (Lipinski definition) is 0. The fourth-order valence-electron chi connectivity index (χ4n) is 2.20. The second-order valence-corrected chi connectivity index (χ2v) is 6.01. The molecule has 0 fully saturated rings. The maximum atomic E-state index is 5.64. The Bertz CT molecular complexity index is 540. The van der Waals surface area contributed by atoms with E-state index in [4.69, 9.17) is 9.47 Å². The third-order valence-electron chi connectivity index (χ3n) is 3.24. The lowest BCUT2D eigenvalue weighted by Gasteiger charge is -2.09. The summed E-state index contributed by atoms with van der Waals surface area (Å²) >= 11 is 1.41. The first kappa shape index (κ1) is 15.2. The van der Waals surface area contributed by atoms with Crippen molar-refractivity contribution < 1.29 is 9.47 Å². The summed E-state index contributed by atoms with van der Waals surface area (Å²) in [6.45, 7) is 2.53. The zero-order valence-corrected chi connectivity index (χ0v) is 13.2. The lowest BCUT2D eigenvalue weighted by atomic mass is 10.1. The molecule has 0 aliphatic carbocycles. The lowest BCUT2D eigenvalue weighted by Crippen LogP contribution is -2.00. The Morgan fingerprint density at radius 1 is 1.00 bits per heavy atom. The predicted octanol–water partition coefficient (Wildman–Crippen LogP) is 4.19. The van der Waals surface area contributed by atoms with Gasteiger partial charge in [-0.05, 0) is 31.0 Å². The summed E-state index contributed by atoms with van der Waals surface area (Å²) in [4.78, 5) is 1.39. The average molecular weight is 291 g/mol. The first-order valence-electron chi connectivity index (χ1n) is 7.17. The third kappa shape index (κ3) is 3.90. The summed E-state index contributed by atoms with van der Waals surface area (Å²) in [6.07, 6.45) is 3.90. The molecule has 0 saturated carbocycles. The Morgan fingerprint density at radius 2 is 1.80 bits per heavy atom. The van der Waals surface area contributed by atoms with Gasteiger partial charge in [0.15, 0.2) is 11.7 Å². The highest BCUT2D eigenvalue weighted by Gasteiger charge is 2.12. The maximum absolute atomic E-state index is 5.64. The zero-order chi connectivity index (χ0) is 14.2. The quantitative estimate of drug-likeness (QED) is 0.314. The Kier molecular flexibility index (Phi) is 6.22. The van der Waals surface area contributed by atoms with Gasteiger partial charge in [0.1, 0.15) is 11.5 Å². The van der Waals surface area contributed by atoms with Gasteiger partial charge in [-0.3, -0.25) is 0 Å². The Morgan fingerprint density at radius 3 is 2.55 bits per heavy atom. The van der Waals surface area contributed by atoms with Gasteiger partial charge in [-0.1, -0.05) is 31.5 Å². The highest BCUT2D eigenvalue weighted by Crippen LogP contribution is 2.29. The van der Waals surface area contributed by atoms with Crippen molar-refractivity contribution in [1.29, 1.82) is 0 Å². The first-order chi connectivity index (χ1) is 9.86. The number of methoxy groups -OCH3 is 1. The molecule has 0 unspecified atom stereocenters. The number of benzene rings is 2. The van der Waals surface area contributed by atoms with Crippen molar-refractivity contribution >= 4 is 22.5 Å². The van der Waals surface area contributed by atoms with E-state index in [9.17, 15) is 0 Å². The molecule has 2 aromatic carbocycles. The SMILES string of the molecule is CCCCC[SH+]c1ccc(OCOC)c2ccccc12. The van der Waals surface area contributed by atoms with E-state index >= 15 is 0 Å². The van der Waals surface area contributed by atoms with Crippen LogP contribution in [0.1, 0.15) is 26.2 Å². The predicted molar refractivity (Wildman–Crippen MR) is 87.9 cm³/mol. The van der Waals surface area contributed by atoms with Crippen LogP contribution in [-0.2, 0) is 16.5 Å². The van der Waals surface area contributed by atoms with Gasteiger partial charge in [-0.15, -0.1) is 0 Å². The molecule has 0 amide bonds. The third-order valence-corrected chi connectivity index (χ3v) is 4.51. The van der Waals surface area contributed by atoms with Crippen LogP contribution in [0.4, 0.5) is 0 Å². The van der Waals surface area contributed by atoms with Crippen molar-refractivity contribution in [3.63, 3.8) is 0 Å². The summed E-state index contributed by atoms with van der Waals surface area (Å²) in [5.41, 5.74) is 0. The van der Waals surface area contributed by atoms with E-state index in [2.05, 4.69) is 43.3 Å². The summed E-state index contributed by atoms with van der Waals surface area (Å²) in [5, 5.41) is 2.46. The fourth-order valence-corrected chi connectivity index (χ4v) is 3.37. The van der Waals surface area contributed by atoms with E-state index in [1.165, 1.54) is 52.4 Å². The summed E-state index contributed by atoms with van der Waals surface area (Å²) in [7, 11) is 1.64. The average Bonchev–Trinajstić information content (AvgIpc) is 2.50. The molecule has 0 N–H and O–H groups in total. The molecule has 0 aromatic heterocycles. The molecule has 0 radical (unpaired) electrons. The van der Waals surface area contributed by atoms with Crippen molar-refractivity contribution in [2.45, 2.75) is 31.1 Å². The second kappa shape index (κ2) is 8.18. The summed E-state index contributed by atoms with van der Waals surface area (Å²) in [5.74, 6) is 2.13. The molecule has 0 aliphatic heterocycles. The van der Waals surface area contributed by atoms with E-state index < -0.39 is 0 Å². The largest absolute Gasteiger partial charge is 0.467 e. The number of unbranched alkanes of at least 4 members (excludes halogenated alkanes) is 2. The standard InChI is InChI=1S/C17H22O2S/c1-3-4-7-12-20-17-11-10-16(19-13-18-2)14-8-5-6-9-15(14)17/h5-6,8-11H,3-4,7,12-13H2,1-2H3/p+1. The number of thiol groups is 1. The van der Waals surface area contributed by atoms with Crippen molar-refractivity contribution in [3.8, 4) is 5.75 Å². The van der Waals surface area contributed by atoms with Crippen molar-refractivity contribution in [1.82, 2.24) is 0 Å². The van der Waals surface area contributed by atoms with Crippen LogP contribution < -0.4 is 4.74 Å². The smallest absolute Gasteiger partial charge is 0.188 e. The summed E-state index contributed by atoms with van der Waals surface area (Å²) < 4.78 is 10.6. The molecule has 108 valence electrons. The van der Waals surface area contributed by atoms with E-state index in [0.717, 1.165) is 5.75 Å². The van der Waals surface area contributed by atoms with Crippen molar-refractivity contribution in [3.05, 3.63) is 36.4 Å². The van der Waals surface area contributed by atoms with Crippen LogP contribution in [-0.4, -0.2) is 19.7 Å². The minimum Gasteiger partial charge on any atom is -0.467 e. The Hall–Kier alpha value is -1.19. The van der Waals surface area contributed by atoms with Gasteiger partial charge in [0, 0.05) is 29.6 Å². The van der Waals surface area contributed by atoms with Crippen LogP contribution in [0.25, 0.3) is 10.8 Å². The number of fused-ring (bicyclic) bond motifs is 1. The molecule has 0 aliphatic rings. The van der Waals surface area contributed by atoms with E-state index in [1.54, 1.807) is 7.11 Å². The second-order valence-electron chi connectivity index (χ2n) is 4.77. The molecule has 20 heavy (non-hydrogen) atoms. The molecule has 2 nitrogen and oxygen atoms in total. The van der Waals surface area contributed by atoms with Gasteiger partial charge in [0.05, 0.1) is 0 Å². The molecule has 0 spiro atoms. The van der Waals surface area contributed by atoms with Gasteiger partial charge >= 0.3 is 0 Å². The monoisotopic (exact) mass is 291 g/mol. The van der Waals surface area contributed by atoms with Crippen LogP contribution >= 0.6 is 0 Å². The number of rotatable bonds is 8. The number of ether oxygens (including phenoxy) is 2. The molecular weight excluding hydrogens is 268 g/mol. The highest BCUT2D eigenvalue weighted by molar-refractivity contribution is 7.78. The first-order valence-corrected chi connectivity index (χ1v) is 8.25. The molecule has 0 heterocycles. The Balaban J connectivity index is 2.19. The van der Waals surface area contributed by atoms with Gasteiger partial charge < -0.3 is 9.47 Å². The Labute approximate surface area is 125 Å². The van der Waals surface area contributed by atoms with Gasteiger partial charge in [0.2, 0.25) is 0 Å². The van der Waals surface area contributed by atoms with E-state index in [1.807, 2.05) is 0 Å². The zero-order valence-electron chi connectivity index (χ0n) is 12.3. The minimum absolute atomic E-state index is 0.289. The molecule has 0 atom stereocenters. The molecule has 2 aromatic rings. The van der Waals surface area contributed by atoms with Crippen LogP contribution in [0, 0.1) is 0 Å². The van der Waals surface area contributed by atoms with Crippen molar-refractivity contribution in [2.75, 3.05) is 19.7 Å². The fraction of sp³-hybridized carbons (Fsp3) is 0.412. The molecule has 3 heteroatoms. The van der Waals surface area contributed by atoms with Crippen LogP contribution in [0.3, 0.4) is 0 Å². The highest BCUT2D eigenvalue weighted by atomic mass is 32.2. The van der Waals surface area contributed by atoms with Crippen LogP contribution in [0.2, 0.25) is 0 Å². The van der Waals surface area contributed by atoms with Gasteiger partial charge in [0.25, 0.3) is 0 Å². The van der Waals surface area contributed by atoms with Gasteiger partial charge in [-0.25, -0.2) is 0 Å². The van der Waals surface area contributed by atoms with Crippen molar-refractivity contribution in [2.24, 2.45) is 0 Å². The number of hydrogen-bond acceptors (Lipinski definition) is 2. The summed E-state index contributed by atoms with van der Waals surface area (Å²) in [6, 6.07) is 12.7. The molecular formula is C17H23O2S+. The molecule has 0 bridgehead atoms. The minimum atomic E-state index is 0.289. The normalized spacial score (nSPS) is 10.9. The van der Waals surface area contributed by atoms with Crippen LogP contribution in [0.5, 0.6) is 5.75 Å². The maximum Gasteiger partial charge on any atom is 0.188 e. The molecule has 0 saturated heterocycles. The van der Waals surface area contributed by atoms with E-state index in [-0.39, 0.29) is 6.79 Å².